The minimum absolute atomic E-state index is 0.302. The lowest BCUT2D eigenvalue weighted by Gasteiger charge is -2.30. The second-order valence-electron chi connectivity index (χ2n) is 5.02. The molecule has 0 saturated carbocycles. The molecule has 1 aliphatic heterocycles. The summed E-state index contributed by atoms with van der Waals surface area (Å²) < 4.78 is 5.37. The first-order valence-corrected chi connectivity index (χ1v) is 7.64. The van der Waals surface area contributed by atoms with Crippen molar-refractivity contribution in [3.8, 4) is 10.8 Å². The molecule has 0 amide bonds. The van der Waals surface area contributed by atoms with Gasteiger partial charge in [-0.1, -0.05) is 18.3 Å². The highest BCUT2D eigenvalue weighted by atomic mass is 32.1. The minimum atomic E-state index is 0.302. The number of aryl methyl sites for hydroxylation is 1. The van der Waals surface area contributed by atoms with Crippen LogP contribution in [0.2, 0.25) is 0 Å². The van der Waals surface area contributed by atoms with Gasteiger partial charge < -0.3 is 9.32 Å². The van der Waals surface area contributed by atoms with Crippen LogP contribution in [-0.4, -0.2) is 28.3 Å². The molecule has 1 aliphatic rings. The van der Waals surface area contributed by atoms with Gasteiger partial charge in [0, 0.05) is 13.1 Å². The van der Waals surface area contributed by atoms with Crippen LogP contribution in [0.15, 0.2) is 4.42 Å². The fourth-order valence-electron chi connectivity index (χ4n) is 2.41. The van der Waals surface area contributed by atoms with Gasteiger partial charge in [-0.25, -0.2) is 10.1 Å². The number of piperidine rings is 1. The highest BCUT2D eigenvalue weighted by Crippen LogP contribution is 2.35. The molecule has 0 spiro atoms. The average Bonchev–Trinajstić information content (AvgIpc) is 2.95. The van der Waals surface area contributed by atoms with Gasteiger partial charge >= 0.3 is 0 Å². The summed E-state index contributed by atoms with van der Waals surface area (Å²) in [6.07, 6.45) is 2.54. The number of H-pyrrole nitrogens is 1. The number of nitrogens with zero attached hydrogens (tertiary/aromatic N) is 3. The van der Waals surface area contributed by atoms with E-state index in [1.807, 2.05) is 6.92 Å². The van der Waals surface area contributed by atoms with Crippen molar-refractivity contribution in [3.63, 3.8) is 0 Å². The first-order valence-electron chi connectivity index (χ1n) is 6.41. The third-order valence-corrected chi connectivity index (χ3v) is 4.73. The van der Waals surface area contributed by atoms with E-state index in [0.29, 0.717) is 10.7 Å². The van der Waals surface area contributed by atoms with Crippen LogP contribution < -0.4 is 4.90 Å². The Labute approximate surface area is 120 Å². The predicted octanol–water partition coefficient (Wildman–Crippen LogP) is 3.40. The van der Waals surface area contributed by atoms with E-state index in [-0.39, 0.29) is 0 Å². The Morgan fingerprint density at radius 2 is 2.37 bits per heavy atom. The van der Waals surface area contributed by atoms with Crippen molar-refractivity contribution in [3.05, 3.63) is 10.5 Å². The van der Waals surface area contributed by atoms with Crippen molar-refractivity contribution < 1.29 is 4.42 Å². The summed E-state index contributed by atoms with van der Waals surface area (Å²) in [5, 5.41) is 7.79. The molecule has 5 nitrogen and oxygen atoms in total. The molecule has 2 aromatic rings. The Kier molecular flexibility index (Phi) is 3.40. The number of rotatable bonds is 2. The lowest BCUT2D eigenvalue weighted by atomic mass is 10.0. The van der Waals surface area contributed by atoms with Gasteiger partial charge in [-0.15, -0.1) is 5.10 Å². The zero-order valence-corrected chi connectivity index (χ0v) is 12.6. The molecule has 1 atom stereocenters. The molecule has 3 heterocycles. The zero-order valence-electron chi connectivity index (χ0n) is 11.0. The number of anilines is 1. The van der Waals surface area contributed by atoms with Gasteiger partial charge in [-0.2, -0.15) is 0 Å². The number of aromatic amines is 1. The second kappa shape index (κ2) is 5.05. The number of hydrogen-bond acceptors (Lipinski definition) is 6. The summed E-state index contributed by atoms with van der Waals surface area (Å²) in [7, 11) is 0. The minimum Gasteiger partial charge on any atom is -0.408 e. The molecule has 2 aromatic heterocycles. The molecule has 0 radical (unpaired) electrons. The Balaban J connectivity index is 1.90. The Morgan fingerprint density at radius 3 is 3.05 bits per heavy atom. The molecule has 0 aromatic carbocycles. The van der Waals surface area contributed by atoms with Crippen LogP contribution in [0.25, 0.3) is 10.8 Å². The van der Waals surface area contributed by atoms with E-state index < -0.39 is 0 Å². The topological polar surface area (TPSA) is 58.0 Å². The van der Waals surface area contributed by atoms with Gasteiger partial charge in [-0.05, 0) is 37.9 Å². The normalized spacial score (nSPS) is 19.9. The maximum atomic E-state index is 5.37. The van der Waals surface area contributed by atoms with Crippen molar-refractivity contribution in [2.75, 3.05) is 18.0 Å². The molecule has 1 N–H and O–H groups in total. The summed E-state index contributed by atoms with van der Waals surface area (Å²) in [5.41, 5.74) is 0.948. The molecule has 0 aliphatic carbocycles. The second-order valence-corrected chi connectivity index (χ2v) is 6.37. The molecule has 1 unspecified atom stereocenters. The van der Waals surface area contributed by atoms with Crippen LogP contribution in [0.5, 0.6) is 0 Å². The molecule has 19 heavy (non-hydrogen) atoms. The summed E-state index contributed by atoms with van der Waals surface area (Å²) in [6, 6.07) is 0. The van der Waals surface area contributed by atoms with Crippen molar-refractivity contribution in [2.45, 2.75) is 26.7 Å². The van der Waals surface area contributed by atoms with Crippen LogP contribution in [0, 0.1) is 17.7 Å². The monoisotopic (exact) mass is 296 g/mol. The number of thiazole rings is 1. The lowest BCUT2D eigenvalue weighted by molar-refractivity contribution is 0.446. The van der Waals surface area contributed by atoms with Gasteiger partial charge in [0.1, 0.15) is 4.88 Å². The van der Waals surface area contributed by atoms with Crippen molar-refractivity contribution in [1.29, 1.82) is 0 Å². The maximum absolute atomic E-state index is 5.37. The van der Waals surface area contributed by atoms with Crippen LogP contribution in [0.4, 0.5) is 5.13 Å². The van der Waals surface area contributed by atoms with Crippen LogP contribution in [-0.2, 0) is 0 Å². The third kappa shape index (κ3) is 2.57. The molecule has 0 bridgehead atoms. The third-order valence-electron chi connectivity index (χ3n) is 3.35. The highest BCUT2D eigenvalue weighted by Gasteiger charge is 2.22. The Hall–Kier alpha value is -1.21. The number of nitrogens with one attached hydrogen (secondary N) is 1. The summed E-state index contributed by atoms with van der Waals surface area (Å²) in [6.45, 7) is 6.44. The average molecular weight is 296 g/mol. The molecule has 1 saturated heterocycles. The Morgan fingerprint density at radius 1 is 1.53 bits per heavy atom. The fraction of sp³-hybridized carbons (Fsp3) is 0.583. The van der Waals surface area contributed by atoms with E-state index in [1.165, 1.54) is 12.8 Å². The van der Waals surface area contributed by atoms with Crippen LogP contribution in [0.1, 0.15) is 25.5 Å². The van der Waals surface area contributed by atoms with Gasteiger partial charge in [0.05, 0.1) is 5.69 Å². The lowest BCUT2D eigenvalue weighted by Crippen LogP contribution is -2.34. The van der Waals surface area contributed by atoms with Crippen LogP contribution >= 0.6 is 23.6 Å². The van der Waals surface area contributed by atoms with E-state index in [1.54, 1.807) is 11.3 Å². The van der Waals surface area contributed by atoms with E-state index in [4.69, 9.17) is 16.6 Å². The largest absolute Gasteiger partial charge is 0.408 e. The Bertz CT molecular complexity index is 630. The van der Waals surface area contributed by atoms with E-state index in [2.05, 4.69) is 27.0 Å². The van der Waals surface area contributed by atoms with Crippen molar-refractivity contribution in [1.82, 2.24) is 15.2 Å². The zero-order chi connectivity index (χ0) is 13.4. The van der Waals surface area contributed by atoms with Gasteiger partial charge in [0.15, 0.2) is 5.13 Å². The number of aromatic nitrogens is 3. The summed E-state index contributed by atoms with van der Waals surface area (Å²) in [4.78, 5) is 8.27. The summed E-state index contributed by atoms with van der Waals surface area (Å²) >= 11 is 6.54. The van der Waals surface area contributed by atoms with Crippen molar-refractivity contribution >= 4 is 28.7 Å². The molecule has 3 rings (SSSR count). The molecule has 1 fully saturated rings. The fourth-order valence-corrected chi connectivity index (χ4v) is 3.56. The molecule has 7 heteroatoms. The van der Waals surface area contributed by atoms with Crippen molar-refractivity contribution in [2.24, 2.45) is 5.92 Å². The highest BCUT2D eigenvalue weighted by molar-refractivity contribution is 7.71. The van der Waals surface area contributed by atoms with Gasteiger partial charge in [-0.3, -0.25) is 0 Å². The van der Waals surface area contributed by atoms with Gasteiger partial charge in [0.25, 0.3) is 10.7 Å². The maximum Gasteiger partial charge on any atom is 0.284 e. The molecule has 102 valence electrons. The van der Waals surface area contributed by atoms with E-state index >= 15 is 0 Å². The standard InChI is InChI=1S/C12H16N4OS2/c1-7-4-3-5-16(6-7)11-13-8(2)9(19-11)10-14-15-12(18)17-10/h7H,3-6H2,1-2H3,(H,15,18). The first kappa shape index (κ1) is 12.8. The smallest absolute Gasteiger partial charge is 0.284 e. The van der Waals surface area contributed by atoms with Gasteiger partial charge in [0.2, 0.25) is 0 Å². The first-order chi connectivity index (χ1) is 9.13. The van der Waals surface area contributed by atoms with E-state index in [0.717, 1.165) is 34.7 Å². The molecular formula is C12H16N4OS2. The quantitative estimate of drug-likeness (QED) is 0.861. The molecular weight excluding hydrogens is 280 g/mol. The number of hydrogen-bond donors (Lipinski definition) is 1. The van der Waals surface area contributed by atoms with E-state index in [9.17, 15) is 0 Å². The SMILES string of the molecule is Cc1nc(N2CCCC(C)C2)sc1-c1n[nH]c(=S)o1. The summed E-state index contributed by atoms with van der Waals surface area (Å²) in [5.74, 6) is 1.27. The predicted molar refractivity (Wildman–Crippen MR) is 78.1 cm³/mol. The van der Waals surface area contributed by atoms with Crippen LogP contribution in [0.3, 0.4) is 0 Å².